The van der Waals surface area contributed by atoms with Crippen molar-refractivity contribution in [2.24, 2.45) is 5.16 Å². The van der Waals surface area contributed by atoms with Crippen LogP contribution in [0.4, 0.5) is 5.82 Å². The summed E-state index contributed by atoms with van der Waals surface area (Å²) in [5.74, 6) is -1.64. The van der Waals surface area contributed by atoms with Crippen LogP contribution in [0.1, 0.15) is 6.92 Å². The normalized spacial score (nSPS) is 10.8. The molecule has 1 heterocycles. The van der Waals surface area contributed by atoms with Crippen LogP contribution in [0.3, 0.4) is 0 Å². The van der Waals surface area contributed by atoms with Crippen LogP contribution < -0.4 is 5.32 Å². The van der Waals surface area contributed by atoms with Crippen molar-refractivity contribution in [2.75, 3.05) is 11.9 Å². The van der Waals surface area contributed by atoms with Crippen molar-refractivity contribution >= 4 is 23.4 Å². The van der Waals surface area contributed by atoms with E-state index in [1.165, 1.54) is 12.3 Å². The lowest BCUT2D eigenvalue weighted by Crippen LogP contribution is -2.31. The summed E-state index contributed by atoms with van der Waals surface area (Å²) < 4.78 is 4.54. The minimum Gasteiger partial charge on any atom is -0.461 e. The summed E-state index contributed by atoms with van der Waals surface area (Å²) in [6, 6.07) is 4.85. The molecular formula is C10H11N3O4. The molecule has 0 aliphatic rings. The van der Waals surface area contributed by atoms with Gasteiger partial charge in [-0.15, -0.1) is 0 Å². The second-order valence-electron chi connectivity index (χ2n) is 2.84. The smallest absolute Gasteiger partial charge is 0.366 e. The Balaban J connectivity index is 2.72. The quantitative estimate of drug-likeness (QED) is 0.260. The van der Waals surface area contributed by atoms with E-state index in [0.29, 0.717) is 0 Å². The zero-order chi connectivity index (χ0) is 12.7. The first-order valence-electron chi connectivity index (χ1n) is 4.80. The molecule has 0 fully saturated rings. The van der Waals surface area contributed by atoms with Crippen LogP contribution in [0.15, 0.2) is 29.6 Å². The number of nitrogens with one attached hydrogen (secondary N) is 1. The molecule has 0 aromatic carbocycles. The van der Waals surface area contributed by atoms with Crippen LogP contribution in [0, 0.1) is 0 Å². The Hall–Kier alpha value is -2.44. The molecule has 0 bridgehead atoms. The van der Waals surface area contributed by atoms with Gasteiger partial charge < -0.3 is 15.3 Å². The number of esters is 1. The highest BCUT2D eigenvalue weighted by atomic mass is 16.5. The second-order valence-corrected chi connectivity index (χ2v) is 2.84. The van der Waals surface area contributed by atoms with E-state index in [-0.39, 0.29) is 12.4 Å². The third-order valence-corrected chi connectivity index (χ3v) is 1.69. The lowest BCUT2D eigenvalue weighted by Gasteiger charge is -2.04. The SMILES string of the molecule is CCOC(=O)C(=NO)C(=O)Nc1ccccn1. The van der Waals surface area contributed by atoms with Gasteiger partial charge in [-0.2, -0.15) is 0 Å². The maximum absolute atomic E-state index is 11.5. The van der Waals surface area contributed by atoms with Crippen molar-refractivity contribution in [3.63, 3.8) is 0 Å². The molecule has 7 heteroatoms. The van der Waals surface area contributed by atoms with Gasteiger partial charge in [-0.1, -0.05) is 11.2 Å². The zero-order valence-corrected chi connectivity index (χ0v) is 9.08. The average Bonchev–Trinajstić information content (AvgIpc) is 2.31. The summed E-state index contributed by atoms with van der Waals surface area (Å²) in [4.78, 5) is 26.5. The number of amides is 1. The molecule has 1 aromatic heterocycles. The number of anilines is 1. The number of pyridine rings is 1. The molecule has 1 amide bonds. The number of oxime groups is 1. The topological polar surface area (TPSA) is 101 Å². The predicted molar refractivity (Wildman–Crippen MR) is 58.7 cm³/mol. The van der Waals surface area contributed by atoms with Crippen LogP contribution >= 0.6 is 0 Å². The van der Waals surface area contributed by atoms with Crippen LogP contribution in [0.25, 0.3) is 0 Å². The van der Waals surface area contributed by atoms with Gasteiger partial charge in [-0.05, 0) is 19.1 Å². The summed E-state index contributed by atoms with van der Waals surface area (Å²) in [6.07, 6.45) is 1.47. The third kappa shape index (κ3) is 3.56. The Kier molecular flexibility index (Phi) is 4.61. The second kappa shape index (κ2) is 6.21. The van der Waals surface area contributed by atoms with Gasteiger partial charge in [0.25, 0.3) is 11.6 Å². The molecule has 2 N–H and O–H groups in total. The average molecular weight is 237 g/mol. The standard InChI is InChI=1S/C10H11N3O4/c1-2-17-10(15)8(13-16)9(14)12-7-5-3-4-6-11-7/h3-6,16H,2H2,1H3,(H,11,12,14). The number of nitrogens with zero attached hydrogens (tertiary/aromatic N) is 2. The summed E-state index contributed by atoms with van der Waals surface area (Å²) in [5, 5.41) is 13.5. The van der Waals surface area contributed by atoms with Gasteiger partial charge in [-0.25, -0.2) is 9.78 Å². The van der Waals surface area contributed by atoms with Crippen molar-refractivity contribution < 1.29 is 19.5 Å². The Bertz CT molecular complexity index is 430. The first-order valence-corrected chi connectivity index (χ1v) is 4.80. The van der Waals surface area contributed by atoms with Crippen LogP contribution in [0.2, 0.25) is 0 Å². The highest BCUT2D eigenvalue weighted by molar-refractivity contribution is 6.65. The summed E-state index contributed by atoms with van der Waals surface area (Å²) >= 11 is 0. The first-order chi connectivity index (χ1) is 8.19. The van der Waals surface area contributed by atoms with Crippen molar-refractivity contribution in [3.8, 4) is 0 Å². The summed E-state index contributed by atoms with van der Waals surface area (Å²) in [5.41, 5.74) is -0.725. The van der Waals surface area contributed by atoms with Crippen LogP contribution in [-0.2, 0) is 14.3 Å². The van der Waals surface area contributed by atoms with Crippen molar-refractivity contribution in [1.29, 1.82) is 0 Å². The van der Waals surface area contributed by atoms with E-state index in [0.717, 1.165) is 0 Å². The fraction of sp³-hybridized carbons (Fsp3) is 0.200. The highest BCUT2D eigenvalue weighted by Crippen LogP contribution is 2.00. The lowest BCUT2D eigenvalue weighted by atomic mass is 10.3. The van der Waals surface area contributed by atoms with Gasteiger partial charge >= 0.3 is 5.97 Å². The molecule has 0 saturated carbocycles. The Labute approximate surface area is 97.1 Å². The number of carbonyl (C=O) groups excluding carboxylic acids is 2. The van der Waals surface area contributed by atoms with E-state index in [1.807, 2.05) is 0 Å². The number of carbonyl (C=O) groups is 2. The Morgan fingerprint density at radius 3 is 2.82 bits per heavy atom. The van der Waals surface area contributed by atoms with Gasteiger partial charge in [0.2, 0.25) is 0 Å². The third-order valence-electron chi connectivity index (χ3n) is 1.69. The van der Waals surface area contributed by atoms with Gasteiger partial charge in [0, 0.05) is 6.20 Å². The molecule has 0 unspecified atom stereocenters. The largest absolute Gasteiger partial charge is 0.461 e. The number of hydrogen-bond donors (Lipinski definition) is 2. The summed E-state index contributed by atoms with van der Waals surface area (Å²) in [7, 11) is 0. The summed E-state index contributed by atoms with van der Waals surface area (Å²) in [6.45, 7) is 1.65. The first kappa shape index (κ1) is 12.6. The van der Waals surface area contributed by atoms with Gasteiger partial charge in [-0.3, -0.25) is 4.79 Å². The number of hydrogen-bond acceptors (Lipinski definition) is 6. The van der Waals surface area contributed by atoms with Crippen molar-refractivity contribution in [3.05, 3.63) is 24.4 Å². The van der Waals surface area contributed by atoms with Crippen LogP contribution in [0.5, 0.6) is 0 Å². The minimum atomic E-state index is -0.997. The van der Waals surface area contributed by atoms with Gasteiger partial charge in [0.15, 0.2) is 0 Å². The molecule has 7 nitrogen and oxygen atoms in total. The molecule has 0 aliphatic carbocycles. The van der Waals surface area contributed by atoms with Crippen LogP contribution in [-0.4, -0.2) is 34.4 Å². The van der Waals surface area contributed by atoms with Gasteiger partial charge in [0.05, 0.1) is 6.61 Å². The Morgan fingerprint density at radius 2 is 2.29 bits per heavy atom. The molecule has 0 radical (unpaired) electrons. The maximum Gasteiger partial charge on any atom is 0.366 e. The number of rotatable bonds is 4. The molecule has 0 aliphatic heterocycles. The highest BCUT2D eigenvalue weighted by Gasteiger charge is 2.22. The molecule has 0 atom stereocenters. The van der Waals surface area contributed by atoms with Crippen molar-refractivity contribution in [2.45, 2.75) is 6.92 Å². The van der Waals surface area contributed by atoms with E-state index >= 15 is 0 Å². The van der Waals surface area contributed by atoms with E-state index in [4.69, 9.17) is 5.21 Å². The molecule has 90 valence electrons. The fourth-order valence-corrected chi connectivity index (χ4v) is 0.991. The molecular weight excluding hydrogens is 226 g/mol. The molecule has 17 heavy (non-hydrogen) atoms. The molecule has 1 aromatic rings. The number of aromatic nitrogens is 1. The van der Waals surface area contributed by atoms with E-state index in [9.17, 15) is 9.59 Å². The minimum absolute atomic E-state index is 0.0781. The lowest BCUT2D eigenvalue weighted by molar-refractivity contribution is -0.135. The van der Waals surface area contributed by atoms with E-state index in [1.54, 1.807) is 19.1 Å². The van der Waals surface area contributed by atoms with Gasteiger partial charge in [0.1, 0.15) is 5.82 Å². The molecule has 0 saturated heterocycles. The molecule has 1 rings (SSSR count). The van der Waals surface area contributed by atoms with E-state index < -0.39 is 17.6 Å². The fourth-order valence-electron chi connectivity index (χ4n) is 0.991. The number of ether oxygens (including phenoxy) is 1. The zero-order valence-electron chi connectivity index (χ0n) is 9.08. The monoisotopic (exact) mass is 237 g/mol. The molecule has 0 spiro atoms. The predicted octanol–water partition coefficient (Wildman–Crippen LogP) is 0.413. The van der Waals surface area contributed by atoms with E-state index in [2.05, 4.69) is 20.2 Å². The Morgan fingerprint density at radius 1 is 1.53 bits per heavy atom. The van der Waals surface area contributed by atoms with Crippen molar-refractivity contribution in [1.82, 2.24) is 4.98 Å². The maximum atomic E-state index is 11.5.